The molecule has 1 fully saturated rings. The van der Waals surface area contributed by atoms with E-state index in [4.69, 9.17) is 6.57 Å². The van der Waals surface area contributed by atoms with E-state index in [1.165, 1.54) is 27.6 Å². The summed E-state index contributed by atoms with van der Waals surface area (Å²) in [5, 5.41) is 6.19. The molecule has 0 unspecified atom stereocenters. The van der Waals surface area contributed by atoms with E-state index in [1.54, 1.807) is 0 Å². The first-order chi connectivity index (χ1) is 16.3. The summed E-state index contributed by atoms with van der Waals surface area (Å²) < 4.78 is 0. The quantitative estimate of drug-likeness (QED) is 0.338. The zero-order valence-corrected chi connectivity index (χ0v) is 18.8. The fourth-order valence-electron chi connectivity index (χ4n) is 5.00. The average molecular weight is 432 g/mol. The summed E-state index contributed by atoms with van der Waals surface area (Å²) in [7, 11) is 0. The lowest BCUT2D eigenvalue weighted by molar-refractivity contribution is 0.413. The lowest BCUT2D eigenvalue weighted by Crippen LogP contribution is -2.33. The molecule has 4 aromatic rings. The van der Waals surface area contributed by atoms with Gasteiger partial charge in [-0.05, 0) is 71.4 Å². The van der Waals surface area contributed by atoms with Crippen LogP contribution in [0.15, 0.2) is 97.1 Å². The van der Waals surface area contributed by atoms with Gasteiger partial charge in [-0.25, -0.2) is 4.85 Å². The van der Waals surface area contributed by atoms with Crippen LogP contribution in [-0.4, -0.2) is 19.6 Å². The topological polar surface area (TPSA) is 19.6 Å². The molecular formula is C30H29N3. The number of nitrogens with one attached hydrogen (secondary N) is 1. The van der Waals surface area contributed by atoms with Gasteiger partial charge in [0, 0.05) is 18.8 Å². The van der Waals surface area contributed by atoms with Crippen molar-refractivity contribution in [2.24, 2.45) is 11.8 Å². The first kappa shape index (κ1) is 21.2. The van der Waals surface area contributed by atoms with Gasteiger partial charge in [0.25, 0.3) is 0 Å². The molecule has 0 radical (unpaired) electrons. The van der Waals surface area contributed by atoms with Gasteiger partial charge >= 0.3 is 0 Å². The Morgan fingerprint density at radius 1 is 0.758 bits per heavy atom. The van der Waals surface area contributed by atoms with Gasteiger partial charge in [-0.2, -0.15) is 0 Å². The Hall–Kier alpha value is -3.61. The number of benzene rings is 4. The van der Waals surface area contributed by atoms with Gasteiger partial charge in [0.1, 0.15) is 0 Å². The van der Waals surface area contributed by atoms with Crippen LogP contribution in [-0.2, 0) is 13.0 Å². The van der Waals surface area contributed by atoms with Gasteiger partial charge in [-0.3, -0.25) is 0 Å². The highest BCUT2D eigenvalue weighted by Gasteiger charge is 2.29. The van der Waals surface area contributed by atoms with Crippen molar-refractivity contribution in [2.45, 2.75) is 13.0 Å². The van der Waals surface area contributed by atoms with Crippen molar-refractivity contribution in [1.29, 1.82) is 0 Å². The lowest BCUT2D eigenvalue weighted by atomic mass is 9.89. The Bertz CT molecular complexity index is 1240. The van der Waals surface area contributed by atoms with Crippen molar-refractivity contribution in [1.82, 2.24) is 5.32 Å². The zero-order chi connectivity index (χ0) is 22.5. The molecule has 5 rings (SSSR count). The third-order valence-electron chi connectivity index (χ3n) is 6.81. The van der Waals surface area contributed by atoms with Crippen LogP contribution >= 0.6 is 0 Å². The van der Waals surface area contributed by atoms with Gasteiger partial charge in [0.05, 0.1) is 6.57 Å². The van der Waals surface area contributed by atoms with Crippen LogP contribution in [0, 0.1) is 18.4 Å². The van der Waals surface area contributed by atoms with Crippen molar-refractivity contribution < 1.29 is 0 Å². The second-order valence-corrected chi connectivity index (χ2v) is 9.06. The van der Waals surface area contributed by atoms with Crippen LogP contribution in [0.4, 0.5) is 11.4 Å². The van der Waals surface area contributed by atoms with Gasteiger partial charge in [0.15, 0.2) is 5.69 Å². The van der Waals surface area contributed by atoms with Crippen molar-refractivity contribution in [3.63, 3.8) is 0 Å². The Morgan fingerprint density at radius 2 is 1.48 bits per heavy atom. The number of fused-ring (bicyclic) bond motifs is 1. The van der Waals surface area contributed by atoms with E-state index in [1.807, 2.05) is 12.1 Å². The minimum Gasteiger partial charge on any atom is -0.367 e. The monoisotopic (exact) mass is 431 g/mol. The molecule has 0 saturated carbocycles. The molecular weight excluding hydrogens is 402 g/mol. The maximum absolute atomic E-state index is 7.29. The van der Waals surface area contributed by atoms with Crippen LogP contribution in [0.5, 0.6) is 0 Å². The Labute approximate surface area is 196 Å². The van der Waals surface area contributed by atoms with E-state index in [9.17, 15) is 0 Å². The third-order valence-corrected chi connectivity index (χ3v) is 6.81. The predicted octanol–water partition coefficient (Wildman–Crippen LogP) is 6.48. The molecule has 0 spiro atoms. The molecule has 3 nitrogen and oxygen atoms in total. The number of rotatable bonds is 7. The number of anilines is 1. The molecule has 0 amide bonds. The van der Waals surface area contributed by atoms with Gasteiger partial charge in [-0.15, -0.1) is 0 Å². The van der Waals surface area contributed by atoms with Crippen molar-refractivity contribution in [3.8, 4) is 0 Å². The molecule has 0 bridgehead atoms. The third kappa shape index (κ3) is 5.08. The molecule has 0 aromatic heterocycles. The van der Waals surface area contributed by atoms with Gasteiger partial charge in [-0.1, -0.05) is 78.9 Å². The fourth-order valence-corrected chi connectivity index (χ4v) is 5.00. The summed E-state index contributed by atoms with van der Waals surface area (Å²) in [6.07, 6.45) is 1.11. The number of nitrogens with zero attached hydrogens (tertiary/aromatic N) is 2. The predicted molar refractivity (Wildman–Crippen MR) is 138 cm³/mol. The van der Waals surface area contributed by atoms with Crippen molar-refractivity contribution in [3.05, 3.63) is 120 Å². The van der Waals surface area contributed by atoms with Crippen LogP contribution in [0.25, 0.3) is 15.6 Å². The average Bonchev–Trinajstić information content (AvgIpc) is 3.30. The Balaban J connectivity index is 1.39. The summed E-state index contributed by atoms with van der Waals surface area (Å²) in [6.45, 7) is 11.3. The molecule has 33 heavy (non-hydrogen) atoms. The molecule has 1 saturated heterocycles. The maximum atomic E-state index is 7.29. The number of hydrogen-bond donors (Lipinski definition) is 1. The first-order valence-corrected chi connectivity index (χ1v) is 11.7. The first-order valence-electron chi connectivity index (χ1n) is 11.7. The van der Waals surface area contributed by atoms with E-state index < -0.39 is 0 Å². The summed E-state index contributed by atoms with van der Waals surface area (Å²) in [5.74, 6) is 1.19. The molecule has 4 aromatic carbocycles. The SMILES string of the molecule is [C-]#[N+]c1ccc(N(Cc2ccc3ccccc3c2)C[C@H]2CNC[C@@H]2Cc2ccccc2)cc1. The smallest absolute Gasteiger partial charge is 0.187 e. The molecule has 1 aliphatic heterocycles. The van der Waals surface area contributed by atoms with Gasteiger partial charge < -0.3 is 10.2 Å². The highest BCUT2D eigenvalue weighted by atomic mass is 15.1. The minimum atomic E-state index is 0.575. The van der Waals surface area contributed by atoms with E-state index in [0.717, 1.165) is 32.6 Å². The van der Waals surface area contributed by atoms with Crippen molar-refractivity contribution >= 4 is 22.1 Å². The summed E-state index contributed by atoms with van der Waals surface area (Å²) in [5.41, 5.74) is 4.60. The molecule has 164 valence electrons. The van der Waals surface area contributed by atoms with Crippen LogP contribution in [0.3, 0.4) is 0 Å². The Kier molecular flexibility index (Phi) is 6.37. The Morgan fingerprint density at radius 3 is 2.27 bits per heavy atom. The summed E-state index contributed by atoms with van der Waals surface area (Å²) in [6, 6.07) is 34.2. The van der Waals surface area contributed by atoms with E-state index in [0.29, 0.717) is 17.5 Å². The maximum Gasteiger partial charge on any atom is 0.187 e. The van der Waals surface area contributed by atoms with Gasteiger partial charge in [0.2, 0.25) is 0 Å². The minimum absolute atomic E-state index is 0.575. The molecule has 1 N–H and O–H groups in total. The largest absolute Gasteiger partial charge is 0.367 e. The second-order valence-electron chi connectivity index (χ2n) is 9.06. The summed E-state index contributed by atoms with van der Waals surface area (Å²) >= 11 is 0. The standard InChI is InChI=1S/C30H29N3/c1-31-29-13-15-30(16-14-29)33(21-24-11-12-25-9-5-6-10-26(25)18-24)22-28-20-32-19-27(28)17-23-7-3-2-4-8-23/h2-16,18,27-28,32H,17,19-22H2/t27-,28+/m0/s1. The van der Waals surface area contributed by atoms with Crippen LogP contribution in [0.2, 0.25) is 0 Å². The second kappa shape index (κ2) is 9.90. The number of hydrogen-bond acceptors (Lipinski definition) is 2. The molecule has 0 aliphatic carbocycles. The molecule has 3 heteroatoms. The fraction of sp³-hybridized carbons (Fsp3) is 0.233. The zero-order valence-electron chi connectivity index (χ0n) is 18.8. The van der Waals surface area contributed by atoms with Crippen LogP contribution < -0.4 is 10.2 Å². The highest BCUT2D eigenvalue weighted by molar-refractivity contribution is 5.83. The van der Waals surface area contributed by atoms with E-state index in [2.05, 4.69) is 100.0 Å². The summed E-state index contributed by atoms with van der Waals surface area (Å²) in [4.78, 5) is 6.07. The van der Waals surface area contributed by atoms with E-state index >= 15 is 0 Å². The van der Waals surface area contributed by atoms with E-state index in [-0.39, 0.29) is 0 Å². The van der Waals surface area contributed by atoms with Crippen molar-refractivity contribution in [2.75, 3.05) is 24.5 Å². The molecule has 2 atom stereocenters. The normalized spacial score (nSPS) is 17.7. The lowest BCUT2D eigenvalue weighted by Gasteiger charge is -2.30. The highest BCUT2D eigenvalue weighted by Crippen LogP contribution is 2.28. The van der Waals surface area contributed by atoms with Crippen LogP contribution in [0.1, 0.15) is 11.1 Å². The molecule has 1 aliphatic rings. The molecule has 1 heterocycles.